The third-order valence-electron chi connectivity index (χ3n) is 5.81. The first kappa shape index (κ1) is 18.4. The minimum Gasteiger partial charge on any atom is -0.378 e. The highest BCUT2D eigenvalue weighted by Gasteiger charge is 2.41. The molecule has 1 aromatic rings. The lowest BCUT2D eigenvalue weighted by atomic mass is 9.81. The average molecular weight is 379 g/mol. The van der Waals surface area contributed by atoms with Gasteiger partial charge in [0.1, 0.15) is 0 Å². The molecule has 1 saturated carbocycles. The number of fused-ring (bicyclic) bond motifs is 1. The van der Waals surface area contributed by atoms with Crippen LogP contribution in [0.3, 0.4) is 0 Å². The Morgan fingerprint density at radius 1 is 1.23 bits per heavy atom. The van der Waals surface area contributed by atoms with Gasteiger partial charge in [-0.3, -0.25) is 0 Å². The molecular formula is C20H30N2O3S. The number of ether oxygens (including phenoxy) is 1. The van der Waals surface area contributed by atoms with Crippen LogP contribution in [0, 0.1) is 0 Å². The number of morpholine rings is 1. The molecule has 1 aliphatic carbocycles. The number of hydrogen-bond donors (Lipinski definition) is 1. The summed E-state index contributed by atoms with van der Waals surface area (Å²) in [6, 6.07) is 4.71. The van der Waals surface area contributed by atoms with Crippen LogP contribution < -0.4 is 5.32 Å². The van der Waals surface area contributed by atoms with Gasteiger partial charge in [0.2, 0.25) is 10.0 Å². The molecule has 1 aromatic carbocycles. The standard InChI is InChI=1S/C20H30N2O3S/c1-20(2,3)15-10-14-6-8-22(26(23,24)16-4-5-16)12-18(14)17(11-15)19-13-25-9-7-21-19/h10-11,16,19,21H,4-9,12-13H2,1-3H3/t19-/m0/s1. The summed E-state index contributed by atoms with van der Waals surface area (Å²) in [5.74, 6) is 0. The minimum atomic E-state index is -3.14. The highest BCUT2D eigenvalue weighted by Crippen LogP contribution is 2.37. The summed E-state index contributed by atoms with van der Waals surface area (Å²) >= 11 is 0. The predicted octanol–water partition coefficient (Wildman–Crippen LogP) is 2.50. The molecule has 0 bridgehead atoms. The Balaban J connectivity index is 1.74. The van der Waals surface area contributed by atoms with E-state index in [1.807, 2.05) is 0 Å². The zero-order valence-corrected chi connectivity index (χ0v) is 16.9. The van der Waals surface area contributed by atoms with Crippen LogP contribution >= 0.6 is 0 Å². The number of hydrogen-bond acceptors (Lipinski definition) is 4. The van der Waals surface area contributed by atoms with Crippen LogP contribution in [0.25, 0.3) is 0 Å². The van der Waals surface area contributed by atoms with Gasteiger partial charge in [-0.05, 0) is 46.9 Å². The van der Waals surface area contributed by atoms with Gasteiger partial charge in [-0.2, -0.15) is 4.31 Å². The van der Waals surface area contributed by atoms with Crippen molar-refractivity contribution in [3.8, 4) is 0 Å². The van der Waals surface area contributed by atoms with Crippen molar-refractivity contribution in [2.45, 2.75) is 63.3 Å². The quantitative estimate of drug-likeness (QED) is 0.878. The van der Waals surface area contributed by atoms with Crippen LogP contribution in [0.1, 0.15) is 61.9 Å². The van der Waals surface area contributed by atoms with Gasteiger partial charge in [0.25, 0.3) is 0 Å². The molecular weight excluding hydrogens is 348 g/mol. The van der Waals surface area contributed by atoms with Crippen LogP contribution in [-0.4, -0.2) is 44.3 Å². The Labute approximate surface area is 157 Å². The van der Waals surface area contributed by atoms with Crippen LogP contribution in [0.2, 0.25) is 0 Å². The lowest BCUT2D eigenvalue weighted by Gasteiger charge is -2.35. The van der Waals surface area contributed by atoms with Crippen molar-refractivity contribution >= 4 is 10.0 Å². The van der Waals surface area contributed by atoms with E-state index in [0.29, 0.717) is 19.7 Å². The van der Waals surface area contributed by atoms with E-state index in [-0.39, 0.29) is 16.7 Å². The molecule has 0 radical (unpaired) electrons. The Hall–Kier alpha value is -0.950. The first-order valence-corrected chi connectivity index (χ1v) is 11.2. The van der Waals surface area contributed by atoms with Gasteiger partial charge in [0.05, 0.1) is 24.5 Å². The first-order chi connectivity index (χ1) is 12.3. The topological polar surface area (TPSA) is 58.6 Å². The van der Waals surface area contributed by atoms with Gasteiger partial charge < -0.3 is 10.1 Å². The number of sulfonamides is 1. The van der Waals surface area contributed by atoms with Crippen LogP contribution in [0.15, 0.2) is 12.1 Å². The third-order valence-corrected chi connectivity index (χ3v) is 8.16. The van der Waals surface area contributed by atoms with Gasteiger partial charge in [0.15, 0.2) is 0 Å². The summed E-state index contributed by atoms with van der Waals surface area (Å²) < 4.78 is 32.9. The number of nitrogens with zero attached hydrogens (tertiary/aromatic N) is 1. The monoisotopic (exact) mass is 378 g/mol. The molecule has 6 heteroatoms. The van der Waals surface area contributed by atoms with Gasteiger partial charge in [-0.1, -0.05) is 32.9 Å². The van der Waals surface area contributed by atoms with Crippen molar-refractivity contribution in [3.63, 3.8) is 0 Å². The van der Waals surface area contributed by atoms with Gasteiger partial charge in [-0.15, -0.1) is 0 Å². The molecule has 0 amide bonds. The fraction of sp³-hybridized carbons (Fsp3) is 0.700. The number of benzene rings is 1. The second-order valence-electron chi connectivity index (χ2n) is 8.86. The SMILES string of the molecule is CC(C)(C)c1cc2c(c([C@@H]3COCCN3)c1)CN(S(=O)(=O)C1CC1)CC2. The molecule has 1 atom stereocenters. The smallest absolute Gasteiger partial charge is 0.217 e. The summed E-state index contributed by atoms with van der Waals surface area (Å²) in [4.78, 5) is 0. The number of rotatable bonds is 3. The van der Waals surface area contributed by atoms with E-state index in [0.717, 1.165) is 32.4 Å². The van der Waals surface area contributed by atoms with E-state index in [1.54, 1.807) is 4.31 Å². The molecule has 0 spiro atoms. The molecule has 1 saturated heterocycles. The zero-order chi connectivity index (χ0) is 18.5. The Bertz CT molecular complexity index is 788. The molecule has 144 valence electrons. The Morgan fingerprint density at radius 3 is 2.62 bits per heavy atom. The third kappa shape index (κ3) is 3.44. The molecule has 4 rings (SSSR count). The molecule has 2 heterocycles. The minimum absolute atomic E-state index is 0.0660. The fourth-order valence-corrected chi connectivity index (χ4v) is 5.78. The van der Waals surface area contributed by atoms with E-state index in [9.17, 15) is 8.42 Å². The van der Waals surface area contributed by atoms with Crippen LogP contribution in [0.5, 0.6) is 0 Å². The van der Waals surface area contributed by atoms with E-state index in [2.05, 4.69) is 38.2 Å². The molecule has 26 heavy (non-hydrogen) atoms. The molecule has 2 aliphatic heterocycles. The lowest BCUT2D eigenvalue weighted by Crippen LogP contribution is -2.40. The van der Waals surface area contributed by atoms with E-state index in [4.69, 9.17) is 4.74 Å². The number of nitrogens with one attached hydrogen (secondary N) is 1. The highest BCUT2D eigenvalue weighted by molar-refractivity contribution is 7.90. The average Bonchev–Trinajstić information content (AvgIpc) is 3.46. The summed E-state index contributed by atoms with van der Waals surface area (Å²) in [5, 5.41) is 3.42. The van der Waals surface area contributed by atoms with Crippen molar-refractivity contribution in [1.82, 2.24) is 9.62 Å². The van der Waals surface area contributed by atoms with Gasteiger partial charge in [0, 0.05) is 19.6 Å². The van der Waals surface area contributed by atoms with E-state index >= 15 is 0 Å². The van der Waals surface area contributed by atoms with Crippen molar-refractivity contribution in [2.24, 2.45) is 0 Å². The van der Waals surface area contributed by atoms with Crippen LogP contribution in [-0.2, 0) is 33.1 Å². The largest absolute Gasteiger partial charge is 0.378 e. The summed E-state index contributed by atoms with van der Waals surface area (Å²) in [7, 11) is -3.14. The summed E-state index contributed by atoms with van der Waals surface area (Å²) in [6.45, 7) is 10.0. The highest BCUT2D eigenvalue weighted by atomic mass is 32.2. The molecule has 2 fully saturated rings. The zero-order valence-electron chi connectivity index (χ0n) is 16.0. The van der Waals surface area contributed by atoms with E-state index < -0.39 is 10.0 Å². The van der Waals surface area contributed by atoms with E-state index in [1.165, 1.54) is 22.3 Å². The molecule has 1 N–H and O–H groups in total. The van der Waals surface area contributed by atoms with Crippen molar-refractivity contribution < 1.29 is 13.2 Å². The second-order valence-corrected chi connectivity index (χ2v) is 11.1. The maximum absolute atomic E-state index is 12.8. The fourth-order valence-electron chi connectivity index (χ4n) is 3.98. The summed E-state index contributed by atoms with van der Waals surface area (Å²) in [5.41, 5.74) is 5.11. The predicted molar refractivity (Wildman–Crippen MR) is 103 cm³/mol. The molecule has 5 nitrogen and oxygen atoms in total. The van der Waals surface area contributed by atoms with Gasteiger partial charge in [-0.25, -0.2) is 8.42 Å². The van der Waals surface area contributed by atoms with Crippen molar-refractivity contribution in [2.75, 3.05) is 26.3 Å². The maximum Gasteiger partial charge on any atom is 0.217 e. The van der Waals surface area contributed by atoms with Crippen LogP contribution in [0.4, 0.5) is 0 Å². The summed E-state index contributed by atoms with van der Waals surface area (Å²) in [6.07, 6.45) is 2.44. The Morgan fingerprint density at radius 2 is 2.00 bits per heavy atom. The normalized spacial score (nSPS) is 25.1. The first-order valence-electron chi connectivity index (χ1n) is 9.73. The van der Waals surface area contributed by atoms with Crippen molar-refractivity contribution in [3.05, 3.63) is 34.4 Å². The molecule has 0 unspecified atom stereocenters. The molecule has 0 aromatic heterocycles. The van der Waals surface area contributed by atoms with Gasteiger partial charge >= 0.3 is 0 Å². The Kier molecular flexibility index (Phi) is 4.66. The second kappa shape index (κ2) is 6.59. The van der Waals surface area contributed by atoms with Crippen molar-refractivity contribution in [1.29, 1.82) is 0 Å². The maximum atomic E-state index is 12.8. The molecule has 3 aliphatic rings. The lowest BCUT2D eigenvalue weighted by molar-refractivity contribution is 0.0763.